The van der Waals surface area contributed by atoms with E-state index in [1.165, 1.54) is 12.0 Å². The predicted octanol–water partition coefficient (Wildman–Crippen LogP) is 3.86. The Bertz CT molecular complexity index is 1350. The van der Waals surface area contributed by atoms with Crippen molar-refractivity contribution in [3.05, 3.63) is 61.2 Å². The molecular formula is C38H53N3O8. The number of aliphatic hydroxyl groups excluding tert-OH is 1. The van der Waals surface area contributed by atoms with E-state index >= 15 is 0 Å². The second-order valence-electron chi connectivity index (χ2n) is 13.8. The minimum Gasteiger partial charge on any atom is -0.455 e. The summed E-state index contributed by atoms with van der Waals surface area (Å²) in [7, 11) is 1.51. The lowest BCUT2D eigenvalue weighted by atomic mass is 9.70. The first kappa shape index (κ1) is 36.7. The minimum absolute atomic E-state index is 0.0197. The van der Waals surface area contributed by atoms with Gasteiger partial charge in [-0.1, -0.05) is 68.7 Å². The number of benzene rings is 1. The molecule has 0 aromatic heterocycles. The summed E-state index contributed by atoms with van der Waals surface area (Å²) >= 11 is 0. The number of rotatable bonds is 17. The molecule has 3 aliphatic heterocycles. The average Bonchev–Trinajstić information content (AvgIpc) is 3.77. The van der Waals surface area contributed by atoms with E-state index in [2.05, 4.69) is 18.5 Å². The molecule has 268 valence electrons. The van der Waals surface area contributed by atoms with Gasteiger partial charge in [-0.25, -0.2) is 0 Å². The molecule has 11 heteroatoms. The molecule has 1 saturated carbocycles. The molecule has 8 atom stereocenters. The molecule has 3 heterocycles. The number of aliphatic hydroxyl groups is 1. The molecule has 1 aromatic carbocycles. The van der Waals surface area contributed by atoms with E-state index in [1.807, 2.05) is 42.2 Å². The van der Waals surface area contributed by atoms with Gasteiger partial charge in [0.1, 0.15) is 17.7 Å². The number of amides is 3. The van der Waals surface area contributed by atoms with Crippen molar-refractivity contribution >= 4 is 23.7 Å². The molecule has 4 aliphatic rings. The summed E-state index contributed by atoms with van der Waals surface area (Å²) in [6.45, 7) is 9.57. The zero-order valence-corrected chi connectivity index (χ0v) is 29.0. The Hall–Kier alpha value is -3.54. The number of likely N-dealkylation sites (tertiary alicyclic amines) is 1. The molecule has 4 fully saturated rings. The lowest BCUT2D eigenvalue weighted by Crippen LogP contribution is -2.60. The number of nitrogens with one attached hydrogen (secondary N) is 1. The summed E-state index contributed by atoms with van der Waals surface area (Å²) in [5.74, 6) is -3.36. The number of hydrogen-bond acceptors (Lipinski definition) is 8. The van der Waals surface area contributed by atoms with Crippen molar-refractivity contribution in [2.75, 3.05) is 26.9 Å². The Morgan fingerprint density at radius 2 is 1.88 bits per heavy atom. The highest BCUT2D eigenvalue weighted by molar-refractivity contribution is 5.98. The van der Waals surface area contributed by atoms with Crippen molar-refractivity contribution in [2.24, 2.45) is 11.8 Å². The monoisotopic (exact) mass is 679 g/mol. The van der Waals surface area contributed by atoms with Gasteiger partial charge in [-0.3, -0.25) is 19.2 Å². The second-order valence-corrected chi connectivity index (χ2v) is 13.8. The van der Waals surface area contributed by atoms with Crippen molar-refractivity contribution in [1.82, 2.24) is 15.1 Å². The number of methoxy groups -OCH3 is 1. The van der Waals surface area contributed by atoms with Crippen LogP contribution in [-0.4, -0.2) is 101 Å². The van der Waals surface area contributed by atoms with E-state index in [9.17, 15) is 24.3 Å². The first-order valence-electron chi connectivity index (χ1n) is 17.9. The molecule has 1 spiro atoms. The Balaban J connectivity index is 1.49. The third-order valence-corrected chi connectivity index (χ3v) is 10.9. The van der Waals surface area contributed by atoms with Crippen molar-refractivity contribution in [2.45, 2.75) is 113 Å². The summed E-state index contributed by atoms with van der Waals surface area (Å²) in [5, 5.41) is 13.4. The average molecular weight is 680 g/mol. The number of hydrogen-bond donors (Lipinski definition) is 2. The Labute approximate surface area is 290 Å². The predicted molar refractivity (Wildman–Crippen MR) is 183 cm³/mol. The number of carbonyl (C=O) groups excluding carboxylic acids is 4. The lowest BCUT2D eigenvalue weighted by Gasteiger charge is -2.42. The number of ether oxygens (including phenoxy) is 3. The van der Waals surface area contributed by atoms with Gasteiger partial charge in [0, 0.05) is 26.1 Å². The van der Waals surface area contributed by atoms with Crippen LogP contribution in [0.3, 0.4) is 0 Å². The summed E-state index contributed by atoms with van der Waals surface area (Å²) in [4.78, 5) is 60.0. The molecular weight excluding hydrogens is 626 g/mol. The highest BCUT2D eigenvalue weighted by Gasteiger charge is 2.75. The summed E-state index contributed by atoms with van der Waals surface area (Å²) in [5.41, 5.74) is -0.571. The van der Waals surface area contributed by atoms with Crippen LogP contribution in [0.15, 0.2) is 55.6 Å². The summed E-state index contributed by atoms with van der Waals surface area (Å²) in [6, 6.07) is 6.84. The van der Waals surface area contributed by atoms with Crippen molar-refractivity contribution in [1.29, 1.82) is 0 Å². The smallest absolute Gasteiger partial charge is 0.313 e. The fraction of sp³-hybridized carbons (Fsp3) is 0.632. The van der Waals surface area contributed by atoms with Gasteiger partial charge in [-0.05, 0) is 44.1 Å². The third-order valence-electron chi connectivity index (χ3n) is 10.9. The van der Waals surface area contributed by atoms with Crippen LogP contribution >= 0.6 is 0 Å². The van der Waals surface area contributed by atoms with Crippen LogP contribution in [0.25, 0.3) is 0 Å². The van der Waals surface area contributed by atoms with E-state index in [4.69, 9.17) is 14.2 Å². The molecule has 1 aromatic rings. The zero-order valence-electron chi connectivity index (χ0n) is 29.0. The van der Waals surface area contributed by atoms with Crippen LogP contribution in [0.4, 0.5) is 0 Å². The Morgan fingerprint density at radius 1 is 1.14 bits per heavy atom. The first-order chi connectivity index (χ1) is 23.8. The molecule has 11 nitrogen and oxygen atoms in total. The standard InChI is InChI=1S/C38H53N3O8/c1-5-8-19-30(43)39-28(24-47-4)33(25-15-11-9-12-16-25)48-37(46)31-29-20-21-38(49-29)32(31)35(44)41(26(7-3)23-42)34(38)36(45)40(22-6-2)27-17-13-10-14-18-27/h5-6,9,11-12,15-16,26-29,31-34,42H,1-2,7-8,10,13-14,17-24H2,3-4H3,(H,39,43)/t26-,28-,29+,31-,32-,33-,34+,38-/m0/s1. The highest BCUT2D eigenvalue weighted by Crippen LogP contribution is 2.59. The molecule has 0 radical (unpaired) electrons. The molecule has 3 amide bonds. The molecule has 1 aliphatic carbocycles. The Morgan fingerprint density at radius 3 is 2.51 bits per heavy atom. The van der Waals surface area contributed by atoms with Crippen LogP contribution in [0.2, 0.25) is 0 Å². The van der Waals surface area contributed by atoms with E-state index in [0.717, 1.165) is 32.1 Å². The van der Waals surface area contributed by atoms with E-state index in [1.54, 1.807) is 12.2 Å². The van der Waals surface area contributed by atoms with Gasteiger partial charge in [0.25, 0.3) is 0 Å². The van der Waals surface area contributed by atoms with Crippen LogP contribution in [0, 0.1) is 11.8 Å². The van der Waals surface area contributed by atoms with Crippen LogP contribution in [0.1, 0.15) is 82.8 Å². The van der Waals surface area contributed by atoms with Crippen molar-refractivity contribution in [3.63, 3.8) is 0 Å². The minimum atomic E-state index is -1.23. The molecule has 0 unspecified atom stereocenters. The lowest BCUT2D eigenvalue weighted by molar-refractivity contribution is -0.163. The van der Waals surface area contributed by atoms with Crippen LogP contribution < -0.4 is 5.32 Å². The fourth-order valence-corrected chi connectivity index (χ4v) is 8.68. The maximum atomic E-state index is 14.8. The van der Waals surface area contributed by atoms with Gasteiger partial charge in [0.05, 0.1) is 43.2 Å². The molecule has 2 N–H and O–H groups in total. The van der Waals surface area contributed by atoms with Gasteiger partial charge >= 0.3 is 5.97 Å². The topological polar surface area (TPSA) is 135 Å². The van der Waals surface area contributed by atoms with E-state index < -0.39 is 53.7 Å². The maximum Gasteiger partial charge on any atom is 0.313 e. The highest BCUT2D eigenvalue weighted by atomic mass is 16.6. The van der Waals surface area contributed by atoms with E-state index in [-0.39, 0.29) is 43.4 Å². The number of allylic oxidation sites excluding steroid dienone is 1. The van der Waals surface area contributed by atoms with E-state index in [0.29, 0.717) is 37.8 Å². The number of esters is 1. The van der Waals surface area contributed by atoms with Gasteiger partial charge in [-0.2, -0.15) is 0 Å². The number of nitrogens with zero attached hydrogens (tertiary/aromatic N) is 2. The third kappa shape index (κ3) is 7.21. The largest absolute Gasteiger partial charge is 0.455 e. The van der Waals surface area contributed by atoms with Crippen molar-refractivity contribution < 1.29 is 38.5 Å². The summed E-state index contributed by atoms with van der Waals surface area (Å²) in [6.07, 6.45) is 8.82. The Kier molecular flexibility index (Phi) is 12.3. The van der Waals surface area contributed by atoms with Gasteiger partial charge in [-0.15, -0.1) is 13.2 Å². The SMILES string of the molecule is C=CCCC(=O)N[C@@H](COC)[C@@H](OC(=O)[C@@H]1[C@H]2C(=O)N([C@@H](CC)CO)[C@H](C(=O)N(CC=C)C3CCCCC3)[C@]23CC[C@H]1O3)c1ccccc1. The quantitative estimate of drug-likeness (QED) is 0.187. The van der Waals surface area contributed by atoms with Crippen molar-refractivity contribution in [3.8, 4) is 0 Å². The molecule has 49 heavy (non-hydrogen) atoms. The normalized spacial score (nSPS) is 28.0. The van der Waals surface area contributed by atoms with Gasteiger partial charge in [0.15, 0.2) is 0 Å². The van der Waals surface area contributed by atoms with Crippen LogP contribution in [-0.2, 0) is 33.4 Å². The second kappa shape index (κ2) is 16.4. The molecule has 5 rings (SSSR count). The molecule has 3 saturated heterocycles. The number of fused-ring (bicyclic) bond motifs is 1. The fourth-order valence-electron chi connectivity index (χ4n) is 8.68. The molecule has 2 bridgehead atoms. The zero-order chi connectivity index (χ0) is 35.1. The maximum absolute atomic E-state index is 14.8. The first-order valence-corrected chi connectivity index (χ1v) is 17.9. The van der Waals surface area contributed by atoms with Gasteiger partial charge in [0.2, 0.25) is 17.7 Å². The van der Waals surface area contributed by atoms with Crippen LogP contribution in [0.5, 0.6) is 0 Å². The number of carbonyl (C=O) groups is 4. The summed E-state index contributed by atoms with van der Waals surface area (Å²) < 4.78 is 18.5. The van der Waals surface area contributed by atoms with Gasteiger partial charge < -0.3 is 34.4 Å².